The van der Waals surface area contributed by atoms with Gasteiger partial charge in [-0.1, -0.05) is 6.07 Å². The molecule has 0 unspecified atom stereocenters. The molecule has 0 aliphatic rings. The summed E-state index contributed by atoms with van der Waals surface area (Å²) in [5.74, 6) is -1.24. The number of methoxy groups -OCH3 is 1. The van der Waals surface area contributed by atoms with Gasteiger partial charge >= 0.3 is 5.97 Å². The molecule has 0 heterocycles. The molecule has 0 saturated heterocycles. The van der Waals surface area contributed by atoms with E-state index in [-0.39, 0.29) is 17.9 Å². The van der Waals surface area contributed by atoms with Gasteiger partial charge in [0.2, 0.25) is 0 Å². The quantitative estimate of drug-likeness (QED) is 0.471. The van der Waals surface area contributed by atoms with Gasteiger partial charge in [0.05, 0.1) is 17.9 Å². The first kappa shape index (κ1) is 12.4. The third-order valence-electron chi connectivity index (χ3n) is 2.00. The van der Waals surface area contributed by atoms with Crippen LogP contribution in [0, 0.1) is 5.82 Å². The molecule has 2 N–H and O–H groups in total. The zero-order valence-electron chi connectivity index (χ0n) is 9.03. The average molecular weight is 227 g/mol. The van der Waals surface area contributed by atoms with E-state index in [2.05, 4.69) is 0 Å². The summed E-state index contributed by atoms with van der Waals surface area (Å²) in [5, 5.41) is 0. The van der Waals surface area contributed by atoms with E-state index >= 15 is 0 Å². The lowest BCUT2D eigenvalue weighted by atomic mass is 10.2. The molecule has 0 bridgehead atoms. The Hall–Kier alpha value is -1.62. The number of halogens is 1. The molecule has 0 spiro atoms. The third kappa shape index (κ3) is 3.20. The number of hydrogen-bond acceptors (Lipinski definition) is 4. The molecule has 0 amide bonds. The van der Waals surface area contributed by atoms with Crippen molar-refractivity contribution in [2.75, 3.05) is 26.1 Å². The predicted molar refractivity (Wildman–Crippen MR) is 57.6 cm³/mol. The molecule has 0 aliphatic heterocycles. The van der Waals surface area contributed by atoms with Gasteiger partial charge in [0.15, 0.2) is 0 Å². The van der Waals surface area contributed by atoms with E-state index in [4.69, 9.17) is 15.2 Å². The Morgan fingerprint density at radius 2 is 2.19 bits per heavy atom. The lowest BCUT2D eigenvalue weighted by Gasteiger charge is -2.06. The average Bonchev–Trinajstić information content (AvgIpc) is 2.28. The number of carbonyl (C=O) groups is 1. The zero-order valence-corrected chi connectivity index (χ0v) is 9.03. The number of nitrogens with two attached hydrogens (primary N) is 1. The number of benzene rings is 1. The molecular formula is C11H14FNO3. The number of nitrogen functional groups attached to an aromatic ring is 1. The molecule has 0 aromatic heterocycles. The maximum atomic E-state index is 13.0. The highest BCUT2D eigenvalue weighted by Gasteiger charge is 2.13. The second kappa shape index (κ2) is 6.07. The fraction of sp³-hybridized carbons (Fsp3) is 0.364. The number of ether oxygens (including phenoxy) is 2. The number of esters is 1. The highest BCUT2D eigenvalue weighted by atomic mass is 19.1. The van der Waals surface area contributed by atoms with Crippen LogP contribution in [0.3, 0.4) is 0 Å². The lowest BCUT2D eigenvalue weighted by molar-refractivity contribution is 0.0469. The third-order valence-corrected chi connectivity index (χ3v) is 2.00. The van der Waals surface area contributed by atoms with Crippen molar-refractivity contribution in [3.63, 3.8) is 0 Å². The zero-order chi connectivity index (χ0) is 12.0. The highest BCUT2D eigenvalue weighted by molar-refractivity contribution is 5.95. The van der Waals surface area contributed by atoms with Crippen LogP contribution in [-0.4, -0.2) is 26.3 Å². The van der Waals surface area contributed by atoms with Gasteiger partial charge in [0.25, 0.3) is 0 Å². The summed E-state index contributed by atoms with van der Waals surface area (Å²) in [6, 6.07) is 4.03. The topological polar surface area (TPSA) is 61.5 Å². The number of para-hydroxylation sites is 1. The summed E-state index contributed by atoms with van der Waals surface area (Å²) < 4.78 is 22.7. The second-order valence-electron chi connectivity index (χ2n) is 3.18. The van der Waals surface area contributed by atoms with Crippen molar-refractivity contribution in [1.29, 1.82) is 0 Å². The minimum atomic E-state index is -0.619. The standard InChI is InChI=1S/C11H14FNO3/c1-15-6-3-7-16-11(14)8-4-2-5-9(12)10(8)13/h2,4-5H,3,6-7,13H2,1H3. The van der Waals surface area contributed by atoms with Gasteiger partial charge in [0, 0.05) is 20.1 Å². The summed E-state index contributed by atoms with van der Waals surface area (Å²) in [7, 11) is 1.56. The predicted octanol–water partition coefficient (Wildman–Crippen LogP) is 1.60. The van der Waals surface area contributed by atoms with E-state index in [1.807, 2.05) is 0 Å². The van der Waals surface area contributed by atoms with E-state index in [1.54, 1.807) is 7.11 Å². The summed E-state index contributed by atoms with van der Waals surface area (Å²) in [4.78, 5) is 11.5. The maximum Gasteiger partial charge on any atom is 0.340 e. The number of carbonyl (C=O) groups excluding carboxylic acids is 1. The van der Waals surface area contributed by atoms with Crippen LogP contribution in [0.25, 0.3) is 0 Å². The fourth-order valence-corrected chi connectivity index (χ4v) is 1.16. The van der Waals surface area contributed by atoms with Crippen LogP contribution in [0.1, 0.15) is 16.8 Å². The number of rotatable bonds is 5. The van der Waals surface area contributed by atoms with Gasteiger partial charge in [-0.3, -0.25) is 0 Å². The summed E-state index contributed by atoms with van der Waals surface area (Å²) in [5.41, 5.74) is 5.29. The van der Waals surface area contributed by atoms with Crippen molar-refractivity contribution < 1.29 is 18.7 Å². The Morgan fingerprint density at radius 1 is 1.44 bits per heavy atom. The van der Waals surface area contributed by atoms with Crippen LogP contribution in [0.15, 0.2) is 18.2 Å². The van der Waals surface area contributed by atoms with Gasteiger partial charge in [0.1, 0.15) is 5.82 Å². The van der Waals surface area contributed by atoms with Crippen molar-refractivity contribution in [3.8, 4) is 0 Å². The Bertz CT molecular complexity index is 368. The van der Waals surface area contributed by atoms with Crippen LogP contribution in [0.2, 0.25) is 0 Å². The van der Waals surface area contributed by atoms with Gasteiger partial charge < -0.3 is 15.2 Å². The van der Waals surface area contributed by atoms with E-state index in [0.29, 0.717) is 13.0 Å². The second-order valence-corrected chi connectivity index (χ2v) is 3.18. The van der Waals surface area contributed by atoms with Gasteiger partial charge in [-0.15, -0.1) is 0 Å². The van der Waals surface area contributed by atoms with Crippen molar-refractivity contribution in [2.24, 2.45) is 0 Å². The van der Waals surface area contributed by atoms with E-state index in [1.165, 1.54) is 18.2 Å². The molecule has 0 atom stereocenters. The van der Waals surface area contributed by atoms with E-state index in [9.17, 15) is 9.18 Å². The number of anilines is 1. The minimum Gasteiger partial charge on any atom is -0.462 e. The minimum absolute atomic E-state index is 0.0532. The smallest absolute Gasteiger partial charge is 0.340 e. The summed E-state index contributed by atoms with van der Waals surface area (Å²) in [6.45, 7) is 0.731. The summed E-state index contributed by atoms with van der Waals surface area (Å²) >= 11 is 0. The molecular weight excluding hydrogens is 213 g/mol. The van der Waals surface area contributed by atoms with Gasteiger partial charge in [-0.25, -0.2) is 9.18 Å². The van der Waals surface area contributed by atoms with Crippen LogP contribution in [-0.2, 0) is 9.47 Å². The van der Waals surface area contributed by atoms with Crippen molar-refractivity contribution >= 4 is 11.7 Å². The molecule has 4 nitrogen and oxygen atoms in total. The molecule has 1 aromatic rings. The first-order valence-electron chi connectivity index (χ1n) is 4.87. The first-order chi connectivity index (χ1) is 7.66. The Kier molecular flexibility index (Phi) is 4.72. The van der Waals surface area contributed by atoms with E-state index in [0.717, 1.165) is 0 Å². The Labute approximate surface area is 93.2 Å². The van der Waals surface area contributed by atoms with Gasteiger partial charge in [-0.2, -0.15) is 0 Å². The maximum absolute atomic E-state index is 13.0. The van der Waals surface area contributed by atoms with Crippen LogP contribution in [0.5, 0.6) is 0 Å². The largest absolute Gasteiger partial charge is 0.462 e. The highest BCUT2D eigenvalue weighted by Crippen LogP contribution is 2.16. The number of hydrogen-bond donors (Lipinski definition) is 1. The lowest BCUT2D eigenvalue weighted by Crippen LogP contribution is -2.11. The van der Waals surface area contributed by atoms with Gasteiger partial charge in [-0.05, 0) is 12.1 Å². The molecule has 0 radical (unpaired) electrons. The molecule has 1 rings (SSSR count). The van der Waals surface area contributed by atoms with Crippen LogP contribution in [0.4, 0.5) is 10.1 Å². The molecule has 1 aromatic carbocycles. The monoisotopic (exact) mass is 227 g/mol. The van der Waals surface area contributed by atoms with Crippen molar-refractivity contribution in [3.05, 3.63) is 29.6 Å². The normalized spacial score (nSPS) is 10.1. The van der Waals surface area contributed by atoms with Crippen LogP contribution < -0.4 is 5.73 Å². The SMILES string of the molecule is COCCCOC(=O)c1cccc(F)c1N. The molecule has 88 valence electrons. The Balaban J connectivity index is 2.56. The molecule has 0 fully saturated rings. The molecule has 16 heavy (non-hydrogen) atoms. The van der Waals surface area contributed by atoms with Crippen molar-refractivity contribution in [1.82, 2.24) is 0 Å². The first-order valence-corrected chi connectivity index (χ1v) is 4.87. The molecule has 0 saturated carbocycles. The van der Waals surface area contributed by atoms with E-state index < -0.39 is 11.8 Å². The summed E-state index contributed by atoms with van der Waals surface area (Å²) in [6.07, 6.45) is 0.595. The fourth-order valence-electron chi connectivity index (χ4n) is 1.16. The van der Waals surface area contributed by atoms with Crippen molar-refractivity contribution in [2.45, 2.75) is 6.42 Å². The molecule has 5 heteroatoms. The Morgan fingerprint density at radius 3 is 2.88 bits per heavy atom. The molecule has 0 aliphatic carbocycles. The van der Waals surface area contributed by atoms with Crippen LogP contribution >= 0.6 is 0 Å².